The van der Waals surface area contributed by atoms with Crippen molar-refractivity contribution in [3.63, 3.8) is 0 Å². The number of methoxy groups -OCH3 is 2. The van der Waals surface area contributed by atoms with Gasteiger partial charge in [-0.2, -0.15) is 0 Å². The molecule has 0 bridgehead atoms. The SMILES string of the molecule is COc1cc2c(cc1OC)C(O)(CNC(=O)CCc1cccs1)CC2. The van der Waals surface area contributed by atoms with Crippen LogP contribution in [0.4, 0.5) is 0 Å². The molecule has 0 saturated carbocycles. The minimum Gasteiger partial charge on any atom is -0.493 e. The van der Waals surface area contributed by atoms with Crippen molar-refractivity contribution in [3.05, 3.63) is 45.6 Å². The molecule has 134 valence electrons. The lowest BCUT2D eigenvalue weighted by Gasteiger charge is -2.25. The number of aryl methyl sites for hydroxylation is 2. The van der Waals surface area contributed by atoms with Crippen molar-refractivity contribution in [3.8, 4) is 11.5 Å². The lowest BCUT2D eigenvalue weighted by atomic mass is 9.95. The summed E-state index contributed by atoms with van der Waals surface area (Å²) in [5.41, 5.74) is 0.782. The van der Waals surface area contributed by atoms with E-state index in [4.69, 9.17) is 9.47 Å². The van der Waals surface area contributed by atoms with Gasteiger partial charge in [0.15, 0.2) is 11.5 Å². The number of carbonyl (C=O) groups excluding carboxylic acids is 1. The molecule has 3 rings (SSSR count). The number of nitrogens with one attached hydrogen (secondary N) is 1. The first-order valence-electron chi connectivity index (χ1n) is 8.32. The minimum absolute atomic E-state index is 0.0456. The molecule has 1 aromatic carbocycles. The van der Waals surface area contributed by atoms with Crippen molar-refractivity contribution in [1.29, 1.82) is 0 Å². The number of hydrogen-bond acceptors (Lipinski definition) is 5. The van der Waals surface area contributed by atoms with Gasteiger partial charge in [-0.3, -0.25) is 4.79 Å². The van der Waals surface area contributed by atoms with Gasteiger partial charge in [-0.25, -0.2) is 0 Å². The lowest BCUT2D eigenvalue weighted by Crippen LogP contribution is -2.39. The predicted octanol–water partition coefficient (Wildman–Crippen LogP) is 2.65. The molecular weight excluding hydrogens is 338 g/mol. The molecule has 2 aromatic rings. The first-order valence-corrected chi connectivity index (χ1v) is 9.20. The molecule has 0 fully saturated rings. The van der Waals surface area contributed by atoms with Gasteiger partial charge in [-0.1, -0.05) is 6.07 Å². The van der Waals surface area contributed by atoms with Crippen molar-refractivity contribution >= 4 is 17.2 Å². The fourth-order valence-electron chi connectivity index (χ4n) is 3.25. The Morgan fingerprint density at radius 2 is 2.08 bits per heavy atom. The zero-order valence-corrected chi connectivity index (χ0v) is 15.3. The summed E-state index contributed by atoms with van der Waals surface area (Å²) in [5, 5.41) is 15.9. The molecule has 0 aliphatic heterocycles. The summed E-state index contributed by atoms with van der Waals surface area (Å²) in [6.07, 6.45) is 2.47. The average Bonchev–Trinajstić information content (AvgIpc) is 3.26. The average molecular weight is 361 g/mol. The van der Waals surface area contributed by atoms with Crippen LogP contribution in [0.5, 0.6) is 11.5 Å². The molecule has 1 aromatic heterocycles. The first kappa shape index (κ1) is 17.8. The quantitative estimate of drug-likeness (QED) is 0.796. The van der Waals surface area contributed by atoms with E-state index >= 15 is 0 Å². The zero-order valence-electron chi connectivity index (χ0n) is 14.5. The molecule has 6 heteroatoms. The van der Waals surface area contributed by atoms with Gasteiger partial charge in [0.25, 0.3) is 0 Å². The standard InChI is InChI=1S/C19H23NO4S/c1-23-16-10-13-7-8-19(22,15(13)11-17(16)24-2)12-20-18(21)6-5-14-4-3-9-25-14/h3-4,9-11,22H,5-8,12H2,1-2H3,(H,20,21). The summed E-state index contributed by atoms with van der Waals surface area (Å²) in [5.74, 6) is 1.20. The highest BCUT2D eigenvalue weighted by Crippen LogP contribution is 2.42. The van der Waals surface area contributed by atoms with Crippen molar-refractivity contribution in [2.24, 2.45) is 0 Å². The van der Waals surface area contributed by atoms with Gasteiger partial charge in [0.05, 0.1) is 20.8 Å². The van der Waals surface area contributed by atoms with Gasteiger partial charge in [-0.15, -0.1) is 11.3 Å². The Morgan fingerprint density at radius 3 is 2.76 bits per heavy atom. The van der Waals surface area contributed by atoms with Crippen molar-refractivity contribution < 1.29 is 19.4 Å². The van der Waals surface area contributed by atoms with E-state index in [9.17, 15) is 9.90 Å². The largest absolute Gasteiger partial charge is 0.493 e. The Labute approximate surface area is 151 Å². The highest BCUT2D eigenvalue weighted by atomic mass is 32.1. The molecular formula is C19H23NO4S. The van der Waals surface area contributed by atoms with Crippen molar-refractivity contribution in [2.45, 2.75) is 31.3 Å². The third-order valence-electron chi connectivity index (χ3n) is 4.68. The highest BCUT2D eigenvalue weighted by Gasteiger charge is 2.38. The monoisotopic (exact) mass is 361 g/mol. The van der Waals surface area contributed by atoms with Gasteiger partial charge in [0.1, 0.15) is 5.60 Å². The second kappa shape index (κ2) is 7.45. The van der Waals surface area contributed by atoms with Crippen molar-refractivity contribution in [2.75, 3.05) is 20.8 Å². The highest BCUT2D eigenvalue weighted by molar-refractivity contribution is 7.09. The molecule has 1 unspecified atom stereocenters. The Bertz CT molecular complexity index is 744. The van der Waals surface area contributed by atoms with Gasteiger partial charge in [0.2, 0.25) is 5.91 Å². The van der Waals surface area contributed by atoms with Crippen LogP contribution in [0.3, 0.4) is 0 Å². The van der Waals surface area contributed by atoms with E-state index in [1.807, 2.05) is 29.6 Å². The smallest absolute Gasteiger partial charge is 0.220 e. The minimum atomic E-state index is -1.06. The molecule has 1 amide bonds. The number of benzene rings is 1. The number of rotatable bonds is 7. The van der Waals surface area contributed by atoms with Gasteiger partial charge >= 0.3 is 0 Å². The molecule has 25 heavy (non-hydrogen) atoms. The fourth-order valence-corrected chi connectivity index (χ4v) is 3.95. The van der Waals surface area contributed by atoms with Crippen LogP contribution in [0.2, 0.25) is 0 Å². The number of fused-ring (bicyclic) bond motifs is 1. The Hall–Kier alpha value is -2.05. The van der Waals surface area contributed by atoms with Crippen LogP contribution in [0.25, 0.3) is 0 Å². The second-order valence-electron chi connectivity index (χ2n) is 6.25. The Morgan fingerprint density at radius 1 is 1.32 bits per heavy atom. The number of aliphatic hydroxyl groups is 1. The van der Waals surface area contributed by atoms with Crippen LogP contribution in [0.15, 0.2) is 29.6 Å². The number of hydrogen-bond donors (Lipinski definition) is 2. The van der Waals surface area contributed by atoms with Crippen LogP contribution in [-0.2, 0) is 23.2 Å². The number of amides is 1. The number of thiophene rings is 1. The molecule has 0 radical (unpaired) electrons. The molecule has 1 aliphatic carbocycles. The van der Waals surface area contributed by atoms with Crippen LogP contribution in [0, 0.1) is 0 Å². The summed E-state index contributed by atoms with van der Waals surface area (Å²) >= 11 is 1.65. The van der Waals surface area contributed by atoms with Crippen LogP contribution >= 0.6 is 11.3 Å². The lowest BCUT2D eigenvalue weighted by molar-refractivity contribution is -0.122. The molecule has 0 saturated heterocycles. The first-order chi connectivity index (χ1) is 12.1. The molecule has 5 nitrogen and oxygen atoms in total. The summed E-state index contributed by atoms with van der Waals surface area (Å²) in [7, 11) is 3.17. The summed E-state index contributed by atoms with van der Waals surface area (Å²) in [4.78, 5) is 13.3. The van der Waals surface area contributed by atoms with Gasteiger partial charge < -0.3 is 19.9 Å². The van der Waals surface area contributed by atoms with E-state index in [-0.39, 0.29) is 12.5 Å². The maximum atomic E-state index is 12.1. The number of ether oxygens (including phenoxy) is 2. The van der Waals surface area contributed by atoms with Crippen LogP contribution in [-0.4, -0.2) is 31.8 Å². The van der Waals surface area contributed by atoms with Crippen LogP contribution < -0.4 is 14.8 Å². The third kappa shape index (κ3) is 3.80. The van der Waals surface area contributed by atoms with E-state index < -0.39 is 5.60 Å². The van der Waals surface area contributed by atoms with Gasteiger partial charge in [-0.05, 0) is 54.0 Å². The van der Waals surface area contributed by atoms with Crippen LogP contribution in [0.1, 0.15) is 28.8 Å². The van der Waals surface area contributed by atoms with E-state index in [2.05, 4.69) is 5.32 Å². The zero-order chi connectivity index (χ0) is 17.9. The van der Waals surface area contributed by atoms with E-state index in [0.29, 0.717) is 24.3 Å². The molecule has 0 spiro atoms. The Kier molecular flexibility index (Phi) is 5.30. The molecule has 2 N–H and O–H groups in total. The topological polar surface area (TPSA) is 67.8 Å². The van der Waals surface area contributed by atoms with Gasteiger partial charge in [0, 0.05) is 11.3 Å². The molecule has 1 aliphatic rings. The van der Waals surface area contributed by atoms with E-state index in [0.717, 1.165) is 24.0 Å². The molecule has 1 heterocycles. The molecule has 1 atom stereocenters. The second-order valence-corrected chi connectivity index (χ2v) is 7.28. The number of carbonyl (C=O) groups is 1. The van der Waals surface area contributed by atoms with E-state index in [1.165, 1.54) is 4.88 Å². The fraction of sp³-hybridized carbons (Fsp3) is 0.421. The predicted molar refractivity (Wildman–Crippen MR) is 97.4 cm³/mol. The maximum Gasteiger partial charge on any atom is 0.220 e. The summed E-state index contributed by atoms with van der Waals surface area (Å²) < 4.78 is 10.7. The van der Waals surface area contributed by atoms with E-state index in [1.54, 1.807) is 25.6 Å². The summed E-state index contributed by atoms with van der Waals surface area (Å²) in [6, 6.07) is 7.74. The summed E-state index contributed by atoms with van der Waals surface area (Å²) in [6.45, 7) is 0.207. The van der Waals surface area contributed by atoms with Crippen molar-refractivity contribution in [1.82, 2.24) is 5.32 Å². The maximum absolute atomic E-state index is 12.1. The normalized spacial score (nSPS) is 18.7. The Balaban J connectivity index is 1.64. The third-order valence-corrected chi connectivity index (χ3v) is 5.61.